The molecule has 5 nitrogen and oxygen atoms in total. The minimum Gasteiger partial charge on any atom is -0.479 e. The first-order chi connectivity index (χ1) is 8.93. The monoisotopic (exact) mass is 282 g/mol. The summed E-state index contributed by atoms with van der Waals surface area (Å²) in [5.74, 6) is -1.28. The highest BCUT2D eigenvalue weighted by Gasteiger charge is 2.38. The molecule has 2 rings (SSSR count). The van der Waals surface area contributed by atoms with Crippen LogP contribution in [0.3, 0.4) is 0 Å². The van der Waals surface area contributed by atoms with E-state index in [0.29, 0.717) is 13.0 Å². The fourth-order valence-electron chi connectivity index (χ4n) is 2.30. The molecule has 2 atom stereocenters. The number of hydrogen-bond acceptors (Lipinski definition) is 4. The SMILES string of the molecule is CC(C)[C@@H](N)C(=O)N1CCc2sccc2C1C(=O)O. The Morgan fingerprint density at radius 2 is 2.21 bits per heavy atom. The molecule has 1 amide bonds. The third-order valence-corrected chi connectivity index (χ3v) is 4.48. The van der Waals surface area contributed by atoms with Gasteiger partial charge in [-0.05, 0) is 29.3 Å². The lowest BCUT2D eigenvalue weighted by Gasteiger charge is -2.35. The molecule has 2 heterocycles. The van der Waals surface area contributed by atoms with Crippen molar-refractivity contribution in [2.75, 3.05) is 6.54 Å². The summed E-state index contributed by atoms with van der Waals surface area (Å²) in [7, 11) is 0. The lowest BCUT2D eigenvalue weighted by Crippen LogP contribution is -2.51. The number of carboxylic acid groups (broad SMARTS) is 1. The highest BCUT2D eigenvalue weighted by Crippen LogP contribution is 2.34. The molecule has 0 saturated heterocycles. The Bertz CT molecular complexity index is 498. The summed E-state index contributed by atoms with van der Waals surface area (Å²) in [6.07, 6.45) is 0.702. The Kier molecular flexibility index (Phi) is 3.91. The first-order valence-electron chi connectivity index (χ1n) is 6.28. The van der Waals surface area contributed by atoms with E-state index in [2.05, 4.69) is 0 Å². The quantitative estimate of drug-likeness (QED) is 0.873. The lowest BCUT2D eigenvalue weighted by atomic mass is 9.96. The third kappa shape index (κ3) is 2.50. The second-order valence-corrected chi connectivity index (χ2v) is 6.09. The summed E-state index contributed by atoms with van der Waals surface area (Å²) in [5.41, 5.74) is 6.60. The van der Waals surface area contributed by atoms with Crippen LogP contribution in [-0.4, -0.2) is 34.5 Å². The van der Waals surface area contributed by atoms with Crippen molar-refractivity contribution < 1.29 is 14.7 Å². The Morgan fingerprint density at radius 3 is 2.79 bits per heavy atom. The maximum absolute atomic E-state index is 12.3. The number of nitrogens with zero attached hydrogens (tertiary/aromatic N) is 1. The molecule has 1 aromatic rings. The molecule has 0 aromatic carbocycles. The van der Waals surface area contributed by atoms with Crippen molar-refractivity contribution in [1.82, 2.24) is 4.90 Å². The van der Waals surface area contributed by atoms with Crippen LogP contribution in [-0.2, 0) is 16.0 Å². The van der Waals surface area contributed by atoms with Gasteiger partial charge >= 0.3 is 5.97 Å². The van der Waals surface area contributed by atoms with Gasteiger partial charge in [0.2, 0.25) is 5.91 Å². The van der Waals surface area contributed by atoms with E-state index in [9.17, 15) is 14.7 Å². The van der Waals surface area contributed by atoms with Gasteiger partial charge in [0.05, 0.1) is 6.04 Å². The molecule has 0 saturated carbocycles. The summed E-state index contributed by atoms with van der Waals surface area (Å²) in [4.78, 5) is 26.3. The van der Waals surface area contributed by atoms with E-state index in [4.69, 9.17) is 5.73 Å². The number of amides is 1. The maximum atomic E-state index is 12.3. The molecule has 6 heteroatoms. The molecule has 1 aromatic heterocycles. The van der Waals surface area contributed by atoms with Crippen LogP contribution in [0.2, 0.25) is 0 Å². The van der Waals surface area contributed by atoms with Gasteiger partial charge in [0.1, 0.15) is 0 Å². The van der Waals surface area contributed by atoms with E-state index in [-0.39, 0.29) is 11.8 Å². The second kappa shape index (κ2) is 5.30. The number of rotatable bonds is 3. The second-order valence-electron chi connectivity index (χ2n) is 5.09. The van der Waals surface area contributed by atoms with Gasteiger partial charge in [-0.1, -0.05) is 13.8 Å². The van der Waals surface area contributed by atoms with Crippen molar-refractivity contribution in [3.8, 4) is 0 Å². The van der Waals surface area contributed by atoms with Crippen molar-refractivity contribution in [3.05, 3.63) is 21.9 Å². The average molecular weight is 282 g/mol. The Labute approximate surface area is 116 Å². The predicted octanol–water partition coefficient (Wildman–Crippen LogP) is 1.24. The van der Waals surface area contributed by atoms with Gasteiger partial charge in [-0.3, -0.25) is 4.79 Å². The summed E-state index contributed by atoms with van der Waals surface area (Å²) in [6.45, 7) is 4.14. The zero-order chi connectivity index (χ0) is 14.2. The number of aliphatic carboxylic acids is 1. The fourth-order valence-corrected chi connectivity index (χ4v) is 3.20. The van der Waals surface area contributed by atoms with Crippen LogP contribution in [0, 0.1) is 5.92 Å². The lowest BCUT2D eigenvalue weighted by molar-refractivity contribution is -0.152. The first kappa shape index (κ1) is 14.0. The van der Waals surface area contributed by atoms with Gasteiger partial charge in [-0.15, -0.1) is 11.3 Å². The first-order valence-corrected chi connectivity index (χ1v) is 7.16. The molecule has 1 aliphatic heterocycles. The standard InChI is InChI=1S/C13H18N2O3S/c1-7(2)10(14)12(16)15-5-3-9-8(4-6-19-9)11(15)13(17)18/h4,6-7,10-11H,3,5,14H2,1-2H3,(H,17,18)/t10-,11?/m1/s1. The topological polar surface area (TPSA) is 83.6 Å². The van der Waals surface area contributed by atoms with E-state index in [0.717, 1.165) is 10.4 Å². The number of nitrogens with two attached hydrogens (primary N) is 1. The molecule has 0 spiro atoms. The molecular weight excluding hydrogens is 264 g/mol. The minimum atomic E-state index is -0.997. The highest BCUT2D eigenvalue weighted by molar-refractivity contribution is 7.10. The minimum absolute atomic E-state index is 0.00850. The van der Waals surface area contributed by atoms with Gasteiger partial charge in [0.25, 0.3) is 0 Å². The zero-order valence-electron chi connectivity index (χ0n) is 11.0. The summed E-state index contributed by atoms with van der Waals surface area (Å²) >= 11 is 1.54. The molecule has 0 bridgehead atoms. The van der Waals surface area contributed by atoms with Crippen molar-refractivity contribution in [3.63, 3.8) is 0 Å². The number of thiophene rings is 1. The molecule has 0 aliphatic carbocycles. The van der Waals surface area contributed by atoms with Gasteiger partial charge < -0.3 is 15.7 Å². The van der Waals surface area contributed by atoms with E-state index < -0.39 is 18.1 Å². The zero-order valence-corrected chi connectivity index (χ0v) is 11.8. The Balaban J connectivity index is 2.32. The summed E-state index contributed by atoms with van der Waals surface area (Å²) < 4.78 is 0. The number of carbonyl (C=O) groups excluding carboxylic acids is 1. The maximum Gasteiger partial charge on any atom is 0.331 e. The van der Waals surface area contributed by atoms with Crippen LogP contribution in [0.1, 0.15) is 30.3 Å². The van der Waals surface area contributed by atoms with Gasteiger partial charge in [-0.2, -0.15) is 0 Å². The molecule has 19 heavy (non-hydrogen) atoms. The fraction of sp³-hybridized carbons (Fsp3) is 0.538. The van der Waals surface area contributed by atoms with Crippen LogP contribution in [0.5, 0.6) is 0 Å². The van der Waals surface area contributed by atoms with Crippen molar-refractivity contribution in [1.29, 1.82) is 0 Å². The van der Waals surface area contributed by atoms with E-state index >= 15 is 0 Å². The van der Waals surface area contributed by atoms with E-state index in [1.54, 1.807) is 17.4 Å². The molecule has 0 fully saturated rings. The van der Waals surface area contributed by atoms with Crippen molar-refractivity contribution >= 4 is 23.2 Å². The Hall–Kier alpha value is -1.40. The predicted molar refractivity (Wildman–Crippen MR) is 72.9 cm³/mol. The number of carboxylic acids is 1. The summed E-state index contributed by atoms with van der Waals surface area (Å²) in [6, 6.07) is 0.244. The molecule has 3 N–H and O–H groups in total. The molecule has 1 unspecified atom stereocenters. The molecule has 1 aliphatic rings. The van der Waals surface area contributed by atoms with Gasteiger partial charge in [0.15, 0.2) is 6.04 Å². The van der Waals surface area contributed by atoms with Gasteiger partial charge in [0, 0.05) is 11.4 Å². The summed E-state index contributed by atoms with van der Waals surface area (Å²) in [5, 5.41) is 11.3. The number of fused-ring (bicyclic) bond motifs is 1. The van der Waals surface area contributed by atoms with Gasteiger partial charge in [-0.25, -0.2) is 4.79 Å². The van der Waals surface area contributed by atoms with Crippen molar-refractivity contribution in [2.24, 2.45) is 11.7 Å². The van der Waals surface area contributed by atoms with Crippen LogP contribution in [0.15, 0.2) is 11.4 Å². The van der Waals surface area contributed by atoms with Crippen LogP contribution in [0.4, 0.5) is 0 Å². The molecular formula is C13H18N2O3S. The molecule has 0 radical (unpaired) electrons. The van der Waals surface area contributed by atoms with Crippen LogP contribution < -0.4 is 5.73 Å². The number of carbonyl (C=O) groups is 2. The molecule has 104 valence electrons. The van der Waals surface area contributed by atoms with E-state index in [1.807, 2.05) is 19.2 Å². The normalized spacial score (nSPS) is 20.2. The Morgan fingerprint density at radius 1 is 1.53 bits per heavy atom. The van der Waals surface area contributed by atoms with Crippen LogP contribution in [0.25, 0.3) is 0 Å². The largest absolute Gasteiger partial charge is 0.479 e. The third-order valence-electron chi connectivity index (χ3n) is 3.49. The highest BCUT2D eigenvalue weighted by atomic mass is 32.1. The average Bonchev–Trinajstić information content (AvgIpc) is 2.83. The number of hydrogen-bond donors (Lipinski definition) is 2. The smallest absolute Gasteiger partial charge is 0.331 e. The van der Waals surface area contributed by atoms with Crippen molar-refractivity contribution in [2.45, 2.75) is 32.4 Å². The van der Waals surface area contributed by atoms with Crippen LogP contribution >= 0.6 is 11.3 Å². The van der Waals surface area contributed by atoms with E-state index in [1.165, 1.54) is 4.90 Å².